The van der Waals surface area contributed by atoms with Gasteiger partial charge in [-0.3, -0.25) is 0 Å². The molecule has 5 nitrogen and oxygen atoms in total. The zero-order valence-corrected chi connectivity index (χ0v) is 12.7. The number of hydrogen-bond donors (Lipinski definition) is 0. The molecule has 0 aliphatic rings. The van der Waals surface area contributed by atoms with E-state index in [4.69, 9.17) is 4.74 Å². The van der Waals surface area contributed by atoms with E-state index in [2.05, 4.69) is 9.84 Å². The second-order valence-corrected chi connectivity index (χ2v) is 4.77. The van der Waals surface area contributed by atoms with Gasteiger partial charge in [-0.15, -0.1) is 0 Å². The van der Waals surface area contributed by atoms with Gasteiger partial charge in [0.2, 0.25) is 5.88 Å². The largest absolute Gasteiger partial charge is 0.465 e. The van der Waals surface area contributed by atoms with Gasteiger partial charge in [0.25, 0.3) is 0 Å². The molecular weight excluding hydrogens is 358 g/mol. The van der Waals surface area contributed by atoms with Crippen molar-refractivity contribution in [2.45, 2.75) is 12.4 Å². The Morgan fingerprint density at radius 2 is 1.76 bits per heavy atom. The van der Waals surface area contributed by atoms with Gasteiger partial charge in [0.05, 0.1) is 12.7 Å². The van der Waals surface area contributed by atoms with Crippen molar-refractivity contribution in [3.05, 3.63) is 41.1 Å². The summed E-state index contributed by atoms with van der Waals surface area (Å²) in [7, 11) is 1.90. The number of aryl methyl sites for hydroxylation is 1. The van der Waals surface area contributed by atoms with Crippen LogP contribution < -0.4 is 4.74 Å². The fourth-order valence-corrected chi connectivity index (χ4v) is 1.96. The number of ether oxygens (including phenoxy) is 2. The molecule has 0 radical (unpaired) electrons. The first-order valence-electron chi connectivity index (χ1n) is 6.52. The van der Waals surface area contributed by atoms with Gasteiger partial charge in [-0.25, -0.2) is 9.48 Å². The number of benzene rings is 1. The van der Waals surface area contributed by atoms with E-state index < -0.39 is 46.8 Å². The Morgan fingerprint density at radius 3 is 2.28 bits per heavy atom. The molecule has 2 aromatic rings. The standard InChI is InChI=1S/C14H10F6N2O3/c1-22-11(9(12(23)24-2)10(21-22)14(18,19)20)25-8-5-3-4-7(6-8)13(15,16)17/h3-6H,1-2H3. The molecule has 25 heavy (non-hydrogen) atoms. The Morgan fingerprint density at radius 1 is 1.12 bits per heavy atom. The molecule has 0 saturated carbocycles. The van der Waals surface area contributed by atoms with Crippen molar-refractivity contribution >= 4 is 5.97 Å². The SMILES string of the molecule is COC(=O)c1c(C(F)(F)F)nn(C)c1Oc1cccc(C(F)(F)F)c1. The topological polar surface area (TPSA) is 53.3 Å². The van der Waals surface area contributed by atoms with Crippen LogP contribution in [0.25, 0.3) is 0 Å². The molecule has 0 N–H and O–H groups in total. The Balaban J connectivity index is 2.54. The third-order valence-corrected chi connectivity index (χ3v) is 3.03. The molecular formula is C14H10F6N2O3. The fourth-order valence-electron chi connectivity index (χ4n) is 1.96. The van der Waals surface area contributed by atoms with Crippen LogP contribution in [0.4, 0.5) is 26.3 Å². The van der Waals surface area contributed by atoms with Crippen molar-refractivity contribution in [1.82, 2.24) is 9.78 Å². The Kier molecular flexibility index (Phi) is 4.69. The third-order valence-electron chi connectivity index (χ3n) is 3.03. The van der Waals surface area contributed by atoms with Crippen LogP contribution in [0.15, 0.2) is 24.3 Å². The monoisotopic (exact) mass is 368 g/mol. The zero-order chi connectivity index (χ0) is 19.0. The number of carbonyl (C=O) groups is 1. The summed E-state index contributed by atoms with van der Waals surface area (Å²) in [6.45, 7) is 0. The molecule has 0 amide bonds. The van der Waals surface area contributed by atoms with Crippen molar-refractivity contribution < 1.29 is 40.6 Å². The van der Waals surface area contributed by atoms with Crippen LogP contribution in [-0.2, 0) is 24.1 Å². The van der Waals surface area contributed by atoms with E-state index in [9.17, 15) is 31.1 Å². The van der Waals surface area contributed by atoms with Crippen LogP contribution >= 0.6 is 0 Å². The highest BCUT2D eigenvalue weighted by atomic mass is 19.4. The van der Waals surface area contributed by atoms with Crippen molar-refractivity contribution in [1.29, 1.82) is 0 Å². The molecule has 1 aromatic heterocycles. The molecule has 0 fully saturated rings. The van der Waals surface area contributed by atoms with Gasteiger partial charge in [-0.1, -0.05) is 6.07 Å². The lowest BCUT2D eigenvalue weighted by Gasteiger charge is -2.11. The molecule has 0 spiro atoms. The van der Waals surface area contributed by atoms with Crippen LogP contribution in [-0.4, -0.2) is 22.9 Å². The van der Waals surface area contributed by atoms with E-state index in [0.717, 1.165) is 32.4 Å². The van der Waals surface area contributed by atoms with Gasteiger partial charge < -0.3 is 9.47 Å². The molecule has 0 unspecified atom stereocenters. The highest BCUT2D eigenvalue weighted by molar-refractivity contribution is 5.93. The molecule has 1 heterocycles. The van der Waals surface area contributed by atoms with E-state index in [1.165, 1.54) is 0 Å². The summed E-state index contributed by atoms with van der Waals surface area (Å²) in [5.74, 6) is -2.50. The smallest absolute Gasteiger partial charge is 0.436 e. The van der Waals surface area contributed by atoms with Crippen LogP contribution in [0.5, 0.6) is 11.6 Å². The number of halogens is 6. The maximum Gasteiger partial charge on any atom is 0.436 e. The van der Waals surface area contributed by atoms with Gasteiger partial charge in [0.1, 0.15) is 5.75 Å². The molecule has 136 valence electrons. The fraction of sp³-hybridized carbons (Fsp3) is 0.286. The average Bonchev–Trinajstić information content (AvgIpc) is 2.83. The molecule has 0 saturated heterocycles. The number of alkyl halides is 6. The number of esters is 1. The van der Waals surface area contributed by atoms with Gasteiger partial charge in [-0.2, -0.15) is 31.4 Å². The van der Waals surface area contributed by atoms with Crippen molar-refractivity contribution in [2.75, 3.05) is 7.11 Å². The van der Waals surface area contributed by atoms with Crippen LogP contribution in [0.1, 0.15) is 21.6 Å². The summed E-state index contributed by atoms with van der Waals surface area (Å²) in [6, 6.07) is 3.45. The predicted octanol–water partition coefficient (Wildman–Crippen LogP) is 4.04. The van der Waals surface area contributed by atoms with Crippen molar-refractivity contribution in [2.24, 2.45) is 7.05 Å². The van der Waals surface area contributed by atoms with E-state index in [-0.39, 0.29) is 0 Å². The normalized spacial score (nSPS) is 12.2. The molecule has 0 atom stereocenters. The molecule has 0 aliphatic carbocycles. The first-order chi connectivity index (χ1) is 11.4. The van der Waals surface area contributed by atoms with Crippen LogP contribution in [0.3, 0.4) is 0 Å². The Labute approximate surface area is 136 Å². The minimum Gasteiger partial charge on any atom is -0.465 e. The summed E-state index contributed by atoms with van der Waals surface area (Å²) in [5, 5.41) is 3.16. The molecule has 0 aliphatic heterocycles. The number of rotatable bonds is 3. The zero-order valence-electron chi connectivity index (χ0n) is 12.7. The van der Waals surface area contributed by atoms with Gasteiger partial charge >= 0.3 is 18.3 Å². The Hall–Kier alpha value is -2.72. The van der Waals surface area contributed by atoms with Crippen molar-refractivity contribution in [3.63, 3.8) is 0 Å². The first-order valence-corrected chi connectivity index (χ1v) is 6.52. The lowest BCUT2D eigenvalue weighted by molar-refractivity contribution is -0.142. The summed E-state index contributed by atoms with van der Waals surface area (Å²) in [5.41, 5.74) is -3.67. The van der Waals surface area contributed by atoms with Crippen LogP contribution in [0.2, 0.25) is 0 Å². The van der Waals surface area contributed by atoms with Gasteiger partial charge in [0.15, 0.2) is 11.3 Å². The molecule has 0 bridgehead atoms. The van der Waals surface area contributed by atoms with E-state index >= 15 is 0 Å². The third kappa shape index (κ3) is 3.86. The lowest BCUT2D eigenvalue weighted by atomic mass is 10.2. The van der Waals surface area contributed by atoms with E-state index in [0.29, 0.717) is 10.7 Å². The summed E-state index contributed by atoms with van der Waals surface area (Å²) >= 11 is 0. The highest BCUT2D eigenvalue weighted by Crippen LogP contribution is 2.38. The Bertz CT molecular complexity index is 795. The van der Waals surface area contributed by atoms with E-state index in [1.54, 1.807) is 0 Å². The minimum absolute atomic E-state index is 0.420. The summed E-state index contributed by atoms with van der Waals surface area (Å²) in [4.78, 5) is 11.7. The molecule has 11 heteroatoms. The number of nitrogens with zero attached hydrogens (tertiary/aromatic N) is 2. The summed E-state index contributed by atoms with van der Waals surface area (Å²) in [6.07, 6.45) is -9.66. The highest BCUT2D eigenvalue weighted by Gasteiger charge is 2.42. The van der Waals surface area contributed by atoms with Crippen LogP contribution in [0, 0.1) is 0 Å². The second-order valence-electron chi connectivity index (χ2n) is 4.77. The molecule has 1 aromatic carbocycles. The summed E-state index contributed by atoms with van der Waals surface area (Å²) < 4.78 is 87.1. The minimum atomic E-state index is -4.99. The van der Waals surface area contributed by atoms with Gasteiger partial charge in [-0.05, 0) is 18.2 Å². The van der Waals surface area contributed by atoms with Crippen molar-refractivity contribution in [3.8, 4) is 11.6 Å². The second kappa shape index (κ2) is 6.30. The number of carbonyl (C=O) groups excluding carboxylic acids is 1. The molecule has 2 rings (SSSR count). The number of hydrogen-bond acceptors (Lipinski definition) is 4. The number of aromatic nitrogens is 2. The maximum atomic E-state index is 13.0. The predicted molar refractivity (Wildman–Crippen MR) is 71.1 cm³/mol. The lowest BCUT2D eigenvalue weighted by Crippen LogP contribution is -2.13. The first kappa shape index (κ1) is 18.6. The van der Waals surface area contributed by atoms with E-state index in [1.807, 2.05) is 0 Å². The average molecular weight is 368 g/mol. The number of methoxy groups -OCH3 is 1. The quantitative estimate of drug-likeness (QED) is 0.606. The maximum absolute atomic E-state index is 13.0. The van der Waals surface area contributed by atoms with Gasteiger partial charge in [0, 0.05) is 7.05 Å².